The van der Waals surface area contributed by atoms with Crippen LogP contribution in [0.1, 0.15) is 37.8 Å². The third-order valence-corrected chi connectivity index (χ3v) is 4.36. The van der Waals surface area contributed by atoms with Gasteiger partial charge in [-0.2, -0.15) is 5.10 Å². The van der Waals surface area contributed by atoms with Crippen molar-refractivity contribution in [2.45, 2.75) is 33.1 Å². The molecule has 2 aromatic carbocycles. The molecule has 0 radical (unpaired) electrons. The van der Waals surface area contributed by atoms with Gasteiger partial charge >= 0.3 is 0 Å². The van der Waals surface area contributed by atoms with Gasteiger partial charge < -0.3 is 4.74 Å². The van der Waals surface area contributed by atoms with Crippen molar-refractivity contribution in [3.63, 3.8) is 0 Å². The van der Waals surface area contributed by atoms with Crippen LogP contribution in [-0.4, -0.2) is 18.2 Å². The van der Waals surface area contributed by atoms with Crippen molar-refractivity contribution in [2.24, 2.45) is 5.10 Å². The number of rotatable bonds is 8. The van der Waals surface area contributed by atoms with Crippen LogP contribution in [0.4, 0.5) is 0 Å². The normalized spacial score (nSPS) is 11.3. The molecule has 4 nitrogen and oxygen atoms in total. The maximum Gasteiger partial charge on any atom is 0.240 e. The van der Waals surface area contributed by atoms with Crippen molar-refractivity contribution in [3.8, 4) is 5.75 Å². The molecule has 1 amide bonds. The van der Waals surface area contributed by atoms with E-state index in [9.17, 15) is 4.79 Å². The SMILES string of the molecule is CCc1ccc(C(C)=NNC(=O)CCCOc2ccc(Cl)cc2Cl)cc1. The molecule has 6 heteroatoms. The van der Waals surface area contributed by atoms with E-state index in [1.807, 2.05) is 19.1 Å². The molecule has 0 atom stereocenters. The first-order valence-corrected chi connectivity index (χ1v) is 9.25. The second-order valence-electron chi connectivity index (χ2n) is 5.81. The average Bonchev–Trinajstić information content (AvgIpc) is 2.64. The second kappa shape index (κ2) is 10.2. The minimum atomic E-state index is -0.152. The summed E-state index contributed by atoms with van der Waals surface area (Å²) in [5.41, 5.74) is 5.60. The van der Waals surface area contributed by atoms with Gasteiger partial charge in [0, 0.05) is 11.4 Å². The number of carbonyl (C=O) groups is 1. The van der Waals surface area contributed by atoms with Crippen LogP contribution in [0, 0.1) is 0 Å². The van der Waals surface area contributed by atoms with Crippen LogP contribution in [0.5, 0.6) is 5.75 Å². The Morgan fingerprint density at radius 3 is 2.54 bits per heavy atom. The Balaban J connectivity index is 1.74. The molecule has 0 fully saturated rings. The van der Waals surface area contributed by atoms with Crippen LogP contribution in [-0.2, 0) is 11.2 Å². The Morgan fingerprint density at radius 2 is 1.88 bits per heavy atom. The van der Waals surface area contributed by atoms with Gasteiger partial charge in [0.1, 0.15) is 5.75 Å². The molecule has 0 aliphatic heterocycles. The highest BCUT2D eigenvalue weighted by atomic mass is 35.5. The third kappa shape index (κ3) is 6.36. The molecule has 2 rings (SSSR count). The van der Waals surface area contributed by atoms with Crippen LogP contribution in [0.3, 0.4) is 0 Å². The number of benzene rings is 2. The fourth-order valence-electron chi connectivity index (χ4n) is 2.26. The third-order valence-electron chi connectivity index (χ3n) is 3.83. The number of hydrazone groups is 1. The number of hydrogen-bond donors (Lipinski definition) is 1. The summed E-state index contributed by atoms with van der Waals surface area (Å²) >= 11 is 11.9. The van der Waals surface area contributed by atoms with Gasteiger partial charge in [0.05, 0.1) is 17.3 Å². The van der Waals surface area contributed by atoms with Gasteiger partial charge in [-0.1, -0.05) is 54.4 Å². The molecule has 138 valence electrons. The summed E-state index contributed by atoms with van der Waals surface area (Å²) < 4.78 is 5.55. The van der Waals surface area contributed by atoms with Gasteiger partial charge in [0.15, 0.2) is 0 Å². The van der Waals surface area contributed by atoms with Crippen molar-refractivity contribution < 1.29 is 9.53 Å². The predicted octanol–water partition coefficient (Wildman–Crippen LogP) is 5.26. The molecule has 0 aliphatic rings. The lowest BCUT2D eigenvalue weighted by Crippen LogP contribution is -2.19. The number of nitrogens with zero attached hydrogens (tertiary/aromatic N) is 1. The molecular weight excluding hydrogens is 371 g/mol. The summed E-state index contributed by atoms with van der Waals surface area (Å²) in [4.78, 5) is 11.9. The topological polar surface area (TPSA) is 50.7 Å². The largest absolute Gasteiger partial charge is 0.492 e. The van der Waals surface area contributed by atoms with Crippen LogP contribution in [0.25, 0.3) is 0 Å². The predicted molar refractivity (Wildman–Crippen MR) is 107 cm³/mol. The number of halogens is 2. The summed E-state index contributed by atoms with van der Waals surface area (Å²) in [5.74, 6) is 0.404. The Kier molecular flexibility index (Phi) is 7.95. The highest BCUT2D eigenvalue weighted by Gasteiger charge is 2.05. The van der Waals surface area contributed by atoms with Crippen molar-refractivity contribution in [1.29, 1.82) is 0 Å². The minimum Gasteiger partial charge on any atom is -0.492 e. The molecule has 0 spiro atoms. The zero-order chi connectivity index (χ0) is 18.9. The van der Waals surface area contributed by atoms with E-state index < -0.39 is 0 Å². The standard InChI is InChI=1S/C20H22Cl2N2O2/c1-3-15-6-8-16(9-7-15)14(2)23-24-20(25)5-4-12-26-19-11-10-17(21)13-18(19)22/h6-11,13H,3-5,12H2,1-2H3,(H,24,25). The zero-order valence-electron chi connectivity index (χ0n) is 14.9. The highest BCUT2D eigenvalue weighted by Crippen LogP contribution is 2.27. The molecule has 0 unspecified atom stereocenters. The van der Waals surface area contributed by atoms with Crippen LogP contribution in [0.15, 0.2) is 47.6 Å². The molecule has 0 aliphatic carbocycles. The number of aryl methyl sites for hydroxylation is 1. The molecule has 26 heavy (non-hydrogen) atoms. The number of ether oxygens (including phenoxy) is 1. The lowest BCUT2D eigenvalue weighted by atomic mass is 10.1. The minimum absolute atomic E-state index is 0.152. The van der Waals surface area contributed by atoms with Crippen molar-refractivity contribution in [2.75, 3.05) is 6.61 Å². The number of hydrogen-bond acceptors (Lipinski definition) is 3. The van der Waals surface area contributed by atoms with Gasteiger partial charge in [-0.25, -0.2) is 5.43 Å². The van der Waals surface area contributed by atoms with Crippen molar-refractivity contribution in [3.05, 3.63) is 63.6 Å². The average molecular weight is 393 g/mol. The van der Waals surface area contributed by atoms with E-state index in [4.69, 9.17) is 27.9 Å². The molecular formula is C20H22Cl2N2O2. The Labute approximate surface area is 164 Å². The molecule has 0 saturated heterocycles. The van der Waals surface area contributed by atoms with Gasteiger partial charge in [0.2, 0.25) is 5.91 Å². The highest BCUT2D eigenvalue weighted by molar-refractivity contribution is 6.35. The quantitative estimate of drug-likeness (QED) is 0.378. The Morgan fingerprint density at radius 1 is 1.15 bits per heavy atom. The number of nitrogens with one attached hydrogen (secondary N) is 1. The van der Waals surface area contributed by atoms with Gasteiger partial charge in [-0.15, -0.1) is 0 Å². The molecule has 0 aromatic heterocycles. The Hall–Kier alpha value is -2.04. The maximum atomic E-state index is 11.9. The number of amides is 1. The van der Waals surface area contributed by atoms with E-state index in [2.05, 4.69) is 29.6 Å². The van der Waals surface area contributed by atoms with Crippen LogP contribution < -0.4 is 10.2 Å². The maximum absolute atomic E-state index is 11.9. The molecule has 0 saturated carbocycles. The molecule has 2 aromatic rings. The van der Waals surface area contributed by atoms with Crippen molar-refractivity contribution in [1.82, 2.24) is 5.43 Å². The smallest absolute Gasteiger partial charge is 0.240 e. The van der Waals surface area contributed by atoms with E-state index >= 15 is 0 Å². The van der Waals surface area contributed by atoms with E-state index in [0.29, 0.717) is 35.2 Å². The second-order valence-corrected chi connectivity index (χ2v) is 6.65. The fourth-order valence-corrected chi connectivity index (χ4v) is 2.72. The van der Waals surface area contributed by atoms with Crippen molar-refractivity contribution >= 4 is 34.8 Å². The van der Waals surface area contributed by atoms with Gasteiger partial charge in [-0.3, -0.25) is 4.79 Å². The number of carbonyl (C=O) groups excluding carboxylic acids is 1. The fraction of sp³-hybridized carbons (Fsp3) is 0.300. The first-order valence-electron chi connectivity index (χ1n) is 8.50. The monoisotopic (exact) mass is 392 g/mol. The molecule has 1 N–H and O–H groups in total. The van der Waals surface area contributed by atoms with Gasteiger partial charge in [-0.05, 0) is 49.1 Å². The first-order chi connectivity index (χ1) is 12.5. The summed E-state index contributed by atoms with van der Waals surface area (Å²) in [5, 5.41) is 5.16. The summed E-state index contributed by atoms with van der Waals surface area (Å²) in [6, 6.07) is 13.2. The van der Waals surface area contributed by atoms with Crippen LogP contribution >= 0.6 is 23.2 Å². The summed E-state index contributed by atoms with van der Waals surface area (Å²) in [7, 11) is 0. The van der Waals surface area contributed by atoms with E-state index in [-0.39, 0.29) is 5.91 Å². The first kappa shape index (κ1) is 20.3. The lowest BCUT2D eigenvalue weighted by Gasteiger charge is -2.08. The zero-order valence-corrected chi connectivity index (χ0v) is 16.4. The molecule has 0 bridgehead atoms. The Bertz CT molecular complexity index is 774. The van der Waals surface area contributed by atoms with E-state index in [1.165, 1.54) is 5.56 Å². The lowest BCUT2D eigenvalue weighted by molar-refractivity contribution is -0.121. The summed E-state index contributed by atoms with van der Waals surface area (Å²) in [6.07, 6.45) is 1.87. The summed E-state index contributed by atoms with van der Waals surface area (Å²) in [6.45, 7) is 4.36. The van der Waals surface area contributed by atoms with E-state index in [0.717, 1.165) is 17.7 Å². The molecule has 0 heterocycles. The van der Waals surface area contributed by atoms with Crippen LogP contribution in [0.2, 0.25) is 10.0 Å². The van der Waals surface area contributed by atoms with Gasteiger partial charge in [0.25, 0.3) is 0 Å². The van der Waals surface area contributed by atoms with E-state index in [1.54, 1.807) is 18.2 Å².